The first-order valence-corrected chi connectivity index (χ1v) is 10.9. The third kappa shape index (κ3) is 3.71. The van der Waals surface area contributed by atoms with Gasteiger partial charge in [-0.05, 0) is 66.1 Å². The van der Waals surface area contributed by atoms with Crippen molar-refractivity contribution in [3.05, 3.63) is 71.6 Å². The van der Waals surface area contributed by atoms with Gasteiger partial charge in [0, 0.05) is 22.5 Å². The van der Waals surface area contributed by atoms with Crippen molar-refractivity contribution in [1.29, 1.82) is 0 Å². The second-order valence-corrected chi connectivity index (χ2v) is 9.69. The van der Waals surface area contributed by atoms with E-state index in [2.05, 4.69) is 15.5 Å². The molecule has 3 fully saturated rings. The van der Waals surface area contributed by atoms with E-state index in [-0.39, 0.29) is 31.6 Å². The molecule has 0 saturated heterocycles. The van der Waals surface area contributed by atoms with Crippen LogP contribution in [0.1, 0.15) is 30.4 Å². The van der Waals surface area contributed by atoms with Crippen LogP contribution in [-0.2, 0) is 18.3 Å². The number of rotatable bonds is 8. The first-order chi connectivity index (χ1) is 16.8. The predicted octanol–water partition coefficient (Wildman–Crippen LogP) is 4.74. The Morgan fingerprint density at radius 1 is 0.972 bits per heavy atom. The molecule has 3 aliphatic rings. The second kappa shape index (κ2) is 7.89. The number of benzene rings is 2. The fraction of sp³-hybridized carbons (Fsp3) is 0.435. The quantitative estimate of drug-likeness (QED) is 0.438. The molecule has 0 unspecified atom stereocenters. The van der Waals surface area contributed by atoms with Gasteiger partial charge in [0.15, 0.2) is 5.60 Å². The minimum absolute atomic E-state index is 0.00741. The maximum atomic E-state index is 16.0. The monoisotopic (exact) mass is 516 g/mol. The summed E-state index contributed by atoms with van der Waals surface area (Å²) in [4.78, 5) is 0. The molecule has 0 radical (unpaired) electrons. The zero-order valence-electron chi connectivity index (χ0n) is 18.4. The van der Waals surface area contributed by atoms with Crippen LogP contribution in [0.4, 0.5) is 30.7 Å². The third-order valence-corrected chi connectivity index (χ3v) is 7.21. The van der Waals surface area contributed by atoms with E-state index in [1.807, 2.05) is 0 Å². The summed E-state index contributed by atoms with van der Waals surface area (Å²) >= 11 is 0. The van der Waals surface area contributed by atoms with Crippen molar-refractivity contribution in [1.82, 2.24) is 20.2 Å². The van der Waals surface area contributed by atoms with E-state index in [0.29, 0.717) is 6.07 Å². The van der Waals surface area contributed by atoms with Gasteiger partial charge in [0.05, 0.1) is 18.7 Å². The van der Waals surface area contributed by atoms with Gasteiger partial charge in [-0.15, -0.1) is 5.10 Å². The number of halogens is 7. The molecule has 13 heteroatoms. The summed E-state index contributed by atoms with van der Waals surface area (Å²) in [5.41, 5.74) is -7.05. The summed E-state index contributed by atoms with van der Waals surface area (Å²) in [6.07, 6.45) is -3.69. The number of nitrogens with zero attached hydrogens (tertiary/aromatic N) is 4. The van der Waals surface area contributed by atoms with Gasteiger partial charge >= 0.3 is 6.18 Å². The lowest BCUT2D eigenvalue weighted by Gasteiger charge is -2.73. The summed E-state index contributed by atoms with van der Waals surface area (Å²) < 4.78 is 105. The van der Waals surface area contributed by atoms with Crippen molar-refractivity contribution >= 4 is 0 Å². The van der Waals surface area contributed by atoms with E-state index in [1.54, 1.807) is 0 Å². The molecule has 2 aromatic carbocycles. The lowest BCUT2D eigenvalue weighted by Crippen LogP contribution is -2.75. The number of hydrogen-bond acceptors (Lipinski definition) is 5. The Hall–Kier alpha value is -3.22. The van der Waals surface area contributed by atoms with Crippen LogP contribution in [0.25, 0.3) is 0 Å². The number of alkyl halides is 5. The van der Waals surface area contributed by atoms with Gasteiger partial charge < -0.3 is 9.84 Å². The van der Waals surface area contributed by atoms with Crippen LogP contribution in [0, 0.1) is 22.5 Å². The van der Waals surface area contributed by atoms with Crippen LogP contribution < -0.4 is 4.74 Å². The fourth-order valence-corrected chi connectivity index (χ4v) is 5.57. The molecule has 192 valence electrons. The molecular weight excluding hydrogens is 497 g/mol. The van der Waals surface area contributed by atoms with Crippen molar-refractivity contribution in [2.24, 2.45) is 10.8 Å². The molecule has 3 aromatic rings. The second-order valence-electron chi connectivity index (χ2n) is 9.69. The van der Waals surface area contributed by atoms with Gasteiger partial charge in [-0.3, -0.25) is 0 Å². The van der Waals surface area contributed by atoms with Gasteiger partial charge in [-0.1, -0.05) is 0 Å². The van der Waals surface area contributed by atoms with Crippen LogP contribution in [0.3, 0.4) is 0 Å². The summed E-state index contributed by atoms with van der Waals surface area (Å²) in [6.45, 7) is -0.890. The molecule has 2 bridgehead atoms. The number of ether oxygens (including phenoxy) is 1. The van der Waals surface area contributed by atoms with E-state index in [4.69, 9.17) is 4.74 Å². The van der Waals surface area contributed by atoms with Gasteiger partial charge in [0.25, 0.3) is 5.92 Å². The summed E-state index contributed by atoms with van der Waals surface area (Å²) in [5, 5.41) is 21.5. The first-order valence-electron chi connectivity index (χ1n) is 10.9. The molecule has 1 aromatic heterocycles. The zero-order chi connectivity index (χ0) is 26.0. The van der Waals surface area contributed by atoms with E-state index in [0.717, 1.165) is 47.4 Å². The SMILES string of the molecule is O[C@@](Cn1cnnn1)(c1ccc(F)cc1F)C(F)(F)C12CC(COc3ccc(C(F)(F)F)cc3)(C1)C2. The molecule has 1 N–H and O–H groups in total. The maximum Gasteiger partial charge on any atom is 0.416 e. The van der Waals surface area contributed by atoms with Gasteiger partial charge in [-0.25, -0.2) is 22.2 Å². The third-order valence-electron chi connectivity index (χ3n) is 7.21. The standard InChI is InChI=1S/C23H19F7N4O2/c24-15-3-6-17(18(25)7-15)21(35,11-34-13-31-32-33-34)23(29,30)20-8-19(9-20,10-20)12-36-16-4-1-14(2-5-16)22(26,27)28/h1-7,13,35H,8-12H2/t19?,20?,21-/m0/s1. The highest BCUT2D eigenvalue weighted by Crippen LogP contribution is 2.80. The Morgan fingerprint density at radius 3 is 2.19 bits per heavy atom. The highest BCUT2D eigenvalue weighted by molar-refractivity contribution is 5.34. The Labute approximate surface area is 199 Å². The Kier molecular flexibility index (Phi) is 5.36. The van der Waals surface area contributed by atoms with Crippen LogP contribution in [0.2, 0.25) is 0 Å². The molecular formula is C23H19F7N4O2. The molecule has 6 nitrogen and oxygen atoms in total. The molecule has 0 spiro atoms. The zero-order valence-corrected chi connectivity index (χ0v) is 18.4. The minimum atomic E-state index is -4.49. The van der Waals surface area contributed by atoms with Crippen molar-refractivity contribution in [2.75, 3.05) is 6.61 Å². The normalized spacial score (nSPS) is 25.0. The highest BCUT2D eigenvalue weighted by atomic mass is 19.4. The summed E-state index contributed by atoms with van der Waals surface area (Å²) in [6, 6.07) is 6.00. The Balaban J connectivity index is 1.34. The van der Waals surface area contributed by atoms with Crippen LogP contribution >= 0.6 is 0 Å². The average Bonchev–Trinajstić information content (AvgIpc) is 3.24. The lowest BCUT2D eigenvalue weighted by molar-refractivity contribution is -0.373. The van der Waals surface area contributed by atoms with Gasteiger partial charge in [-0.2, -0.15) is 13.2 Å². The van der Waals surface area contributed by atoms with Crippen LogP contribution in [0.5, 0.6) is 5.75 Å². The van der Waals surface area contributed by atoms with E-state index >= 15 is 8.78 Å². The Morgan fingerprint density at radius 2 is 1.64 bits per heavy atom. The van der Waals surface area contributed by atoms with Crippen molar-refractivity contribution in [3.63, 3.8) is 0 Å². The molecule has 3 saturated carbocycles. The molecule has 6 rings (SSSR count). The van der Waals surface area contributed by atoms with Gasteiger partial charge in [0.2, 0.25) is 0 Å². The molecule has 1 heterocycles. The molecule has 3 aliphatic carbocycles. The highest BCUT2D eigenvalue weighted by Gasteiger charge is 2.82. The van der Waals surface area contributed by atoms with E-state index in [1.165, 1.54) is 0 Å². The first kappa shape index (κ1) is 24.5. The topological polar surface area (TPSA) is 73.1 Å². The minimum Gasteiger partial charge on any atom is -0.493 e. The molecule has 36 heavy (non-hydrogen) atoms. The summed E-state index contributed by atoms with van der Waals surface area (Å²) in [7, 11) is 0. The number of hydrogen-bond donors (Lipinski definition) is 1. The van der Waals surface area contributed by atoms with E-state index in [9.17, 15) is 27.1 Å². The average molecular weight is 516 g/mol. The van der Waals surface area contributed by atoms with Crippen molar-refractivity contribution in [2.45, 2.75) is 43.5 Å². The Bertz CT molecular complexity index is 1240. The largest absolute Gasteiger partial charge is 0.493 e. The van der Waals surface area contributed by atoms with E-state index < -0.39 is 57.8 Å². The van der Waals surface area contributed by atoms with Crippen LogP contribution in [-0.4, -0.2) is 37.8 Å². The predicted molar refractivity (Wildman–Crippen MR) is 109 cm³/mol. The molecule has 0 amide bonds. The molecule has 0 aliphatic heterocycles. The number of aromatic nitrogens is 4. The smallest absolute Gasteiger partial charge is 0.416 e. The van der Waals surface area contributed by atoms with Crippen molar-refractivity contribution in [3.8, 4) is 5.75 Å². The molecule has 1 atom stereocenters. The maximum absolute atomic E-state index is 16.0. The van der Waals surface area contributed by atoms with Crippen LogP contribution in [0.15, 0.2) is 48.8 Å². The van der Waals surface area contributed by atoms with Crippen molar-refractivity contribution < 1.29 is 40.6 Å². The summed E-state index contributed by atoms with van der Waals surface area (Å²) in [5.74, 6) is -6.04. The van der Waals surface area contributed by atoms with Gasteiger partial charge in [0.1, 0.15) is 23.7 Å². The number of tetrazole rings is 1. The number of aliphatic hydroxyl groups is 1. The lowest BCUT2D eigenvalue weighted by atomic mass is 9.32. The fourth-order valence-electron chi connectivity index (χ4n) is 5.57.